The summed E-state index contributed by atoms with van der Waals surface area (Å²) in [6, 6.07) is 9.07. The highest BCUT2D eigenvalue weighted by Crippen LogP contribution is 2.32. The Morgan fingerprint density at radius 2 is 2.10 bits per heavy atom. The van der Waals surface area contributed by atoms with Gasteiger partial charge in [-0.05, 0) is 42.4 Å². The number of aromatic carboxylic acids is 1. The number of hydrogen-bond acceptors (Lipinski definition) is 6. The number of carboxylic acids is 1. The molecule has 2 heterocycles. The molecule has 0 spiro atoms. The van der Waals surface area contributed by atoms with E-state index in [1.807, 2.05) is 24.3 Å². The van der Waals surface area contributed by atoms with Crippen molar-refractivity contribution in [3.05, 3.63) is 41.7 Å². The molecule has 7 heteroatoms. The summed E-state index contributed by atoms with van der Waals surface area (Å²) < 4.78 is 4.77. The first kappa shape index (κ1) is 13.0. The summed E-state index contributed by atoms with van der Waals surface area (Å²) in [5.41, 5.74) is 0.947. The summed E-state index contributed by atoms with van der Waals surface area (Å²) in [6.45, 7) is 1.80. The van der Waals surface area contributed by atoms with Crippen LogP contribution in [0.4, 0.5) is 0 Å². The van der Waals surface area contributed by atoms with Crippen LogP contribution in [0.5, 0.6) is 0 Å². The molecule has 0 saturated carbocycles. The lowest BCUT2D eigenvalue weighted by atomic mass is 10.1. The van der Waals surface area contributed by atoms with Gasteiger partial charge in [0.25, 0.3) is 0 Å². The molecule has 100 valence electrons. The molecule has 20 heavy (non-hydrogen) atoms. The highest BCUT2D eigenvalue weighted by atomic mass is 32.2. The molecule has 0 aliphatic carbocycles. The molecule has 1 N–H and O–H groups in total. The number of hydrogen-bond donors (Lipinski definition) is 1. The third-order valence-corrected chi connectivity index (χ3v) is 4.46. The van der Waals surface area contributed by atoms with Gasteiger partial charge >= 0.3 is 5.97 Å². The second-order valence-corrected chi connectivity index (χ2v) is 6.04. The second-order valence-electron chi connectivity index (χ2n) is 4.05. The lowest BCUT2D eigenvalue weighted by Crippen LogP contribution is -2.01. The molecule has 0 radical (unpaired) electrons. The lowest BCUT2D eigenvalue weighted by molar-refractivity contribution is 0.0692. The fraction of sp³-hybridized carbons (Fsp3) is 0.0769. The molecule has 0 fully saturated rings. The highest BCUT2D eigenvalue weighted by Gasteiger charge is 2.16. The molecule has 0 atom stereocenters. The van der Waals surface area contributed by atoms with Crippen LogP contribution in [-0.4, -0.2) is 25.4 Å². The molecular formula is C13H9N3O2S2. The van der Waals surface area contributed by atoms with Gasteiger partial charge in [-0.15, -0.1) is 0 Å². The van der Waals surface area contributed by atoms with E-state index >= 15 is 0 Å². The zero-order chi connectivity index (χ0) is 14.1. The zero-order valence-electron chi connectivity index (χ0n) is 10.4. The third kappa shape index (κ3) is 2.50. The first-order valence-electron chi connectivity index (χ1n) is 5.75. The maximum atomic E-state index is 11.4. The predicted molar refractivity (Wildman–Crippen MR) is 77.5 cm³/mol. The number of fused-ring (bicyclic) bond motifs is 1. The standard InChI is InChI=1S/C13H9N3O2S2/c1-7-14-13(20-16-7)19-11-9(12(17)18)6-8-4-2-3-5-10(8)15-11/h2-6H,1H3,(H,17,18). The molecule has 0 aliphatic rings. The van der Waals surface area contributed by atoms with Gasteiger partial charge in [-0.1, -0.05) is 18.2 Å². The van der Waals surface area contributed by atoms with Crippen molar-refractivity contribution in [3.8, 4) is 0 Å². The molecule has 1 aromatic carbocycles. The van der Waals surface area contributed by atoms with Crippen LogP contribution in [0.15, 0.2) is 39.7 Å². The Morgan fingerprint density at radius 1 is 1.30 bits per heavy atom. The molecule has 0 bridgehead atoms. The Bertz CT molecular complexity index is 801. The van der Waals surface area contributed by atoms with Gasteiger partial charge in [0.05, 0.1) is 11.1 Å². The van der Waals surface area contributed by atoms with Crippen LogP contribution >= 0.6 is 23.3 Å². The highest BCUT2D eigenvalue weighted by molar-refractivity contribution is 8.01. The van der Waals surface area contributed by atoms with Gasteiger partial charge < -0.3 is 5.11 Å². The monoisotopic (exact) mass is 303 g/mol. The van der Waals surface area contributed by atoms with Crippen molar-refractivity contribution in [1.29, 1.82) is 0 Å². The van der Waals surface area contributed by atoms with Crippen LogP contribution in [-0.2, 0) is 0 Å². The summed E-state index contributed by atoms with van der Waals surface area (Å²) in [5.74, 6) is -0.317. The van der Waals surface area contributed by atoms with Gasteiger partial charge in [0.1, 0.15) is 10.9 Å². The van der Waals surface area contributed by atoms with Gasteiger partial charge in [-0.3, -0.25) is 0 Å². The number of para-hydroxylation sites is 1. The largest absolute Gasteiger partial charge is 0.478 e. The van der Waals surface area contributed by atoms with E-state index in [0.717, 1.165) is 10.9 Å². The maximum Gasteiger partial charge on any atom is 0.338 e. The van der Waals surface area contributed by atoms with Gasteiger partial charge in [0.15, 0.2) is 4.34 Å². The van der Waals surface area contributed by atoms with Crippen LogP contribution in [0, 0.1) is 6.92 Å². The minimum Gasteiger partial charge on any atom is -0.478 e. The van der Waals surface area contributed by atoms with E-state index in [-0.39, 0.29) is 5.56 Å². The third-order valence-electron chi connectivity index (χ3n) is 2.61. The molecule has 3 aromatic rings. The first-order chi connectivity index (χ1) is 9.63. The van der Waals surface area contributed by atoms with Crippen molar-refractivity contribution < 1.29 is 9.90 Å². The number of carbonyl (C=O) groups is 1. The van der Waals surface area contributed by atoms with Crippen LogP contribution in [0.25, 0.3) is 10.9 Å². The topological polar surface area (TPSA) is 76.0 Å². The number of benzene rings is 1. The van der Waals surface area contributed by atoms with Crippen molar-refractivity contribution in [2.75, 3.05) is 0 Å². The molecule has 5 nitrogen and oxygen atoms in total. The summed E-state index contributed by atoms with van der Waals surface area (Å²) in [5, 5.41) is 10.6. The van der Waals surface area contributed by atoms with Crippen molar-refractivity contribution >= 4 is 40.2 Å². The van der Waals surface area contributed by atoms with E-state index in [2.05, 4.69) is 14.3 Å². The van der Waals surface area contributed by atoms with E-state index < -0.39 is 5.97 Å². The molecule has 0 amide bonds. The Labute approximate surface area is 122 Å². The fourth-order valence-electron chi connectivity index (χ4n) is 1.73. The second kappa shape index (κ2) is 5.18. The average molecular weight is 303 g/mol. The van der Waals surface area contributed by atoms with Gasteiger partial charge in [0.2, 0.25) is 0 Å². The number of nitrogens with zero attached hydrogens (tertiary/aromatic N) is 3. The fourth-order valence-corrected chi connectivity index (χ4v) is 3.40. The van der Waals surface area contributed by atoms with Crippen molar-refractivity contribution in [3.63, 3.8) is 0 Å². The zero-order valence-corrected chi connectivity index (χ0v) is 12.0. The van der Waals surface area contributed by atoms with Crippen LogP contribution < -0.4 is 0 Å². The summed E-state index contributed by atoms with van der Waals surface area (Å²) in [7, 11) is 0. The summed E-state index contributed by atoms with van der Waals surface area (Å²) in [4.78, 5) is 20.0. The quantitative estimate of drug-likeness (QED) is 0.800. The van der Waals surface area contributed by atoms with Crippen LogP contribution in [0.2, 0.25) is 0 Å². The number of aryl methyl sites for hydroxylation is 1. The van der Waals surface area contributed by atoms with E-state index in [9.17, 15) is 9.90 Å². The molecule has 0 saturated heterocycles. The molecule has 0 aliphatic heterocycles. The number of carboxylic acid groups (broad SMARTS) is 1. The smallest absolute Gasteiger partial charge is 0.338 e. The van der Waals surface area contributed by atoms with E-state index in [1.165, 1.54) is 23.3 Å². The van der Waals surface area contributed by atoms with E-state index in [1.54, 1.807) is 13.0 Å². The van der Waals surface area contributed by atoms with Gasteiger partial charge in [0, 0.05) is 5.39 Å². The average Bonchev–Trinajstić information content (AvgIpc) is 2.83. The van der Waals surface area contributed by atoms with Crippen LogP contribution in [0.3, 0.4) is 0 Å². The van der Waals surface area contributed by atoms with Crippen molar-refractivity contribution in [2.45, 2.75) is 16.3 Å². The first-order valence-corrected chi connectivity index (χ1v) is 7.34. The maximum absolute atomic E-state index is 11.4. The molecule has 3 rings (SSSR count). The lowest BCUT2D eigenvalue weighted by Gasteiger charge is -2.05. The molecule has 0 unspecified atom stereocenters. The Balaban J connectivity index is 2.11. The predicted octanol–water partition coefficient (Wildman–Crippen LogP) is 3.24. The van der Waals surface area contributed by atoms with Crippen LogP contribution in [0.1, 0.15) is 16.2 Å². The van der Waals surface area contributed by atoms with Gasteiger partial charge in [-0.2, -0.15) is 4.37 Å². The van der Waals surface area contributed by atoms with E-state index in [0.29, 0.717) is 15.2 Å². The summed E-state index contributed by atoms with van der Waals surface area (Å²) >= 11 is 2.47. The SMILES string of the molecule is Cc1nsc(Sc2nc3ccccc3cc2C(=O)O)n1. The van der Waals surface area contributed by atoms with Crippen molar-refractivity contribution in [2.24, 2.45) is 0 Å². The number of rotatable bonds is 3. The minimum atomic E-state index is -0.994. The minimum absolute atomic E-state index is 0.182. The van der Waals surface area contributed by atoms with E-state index in [4.69, 9.17) is 0 Å². The normalized spacial score (nSPS) is 10.8. The van der Waals surface area contributed by atoms with Crippen molar-refractivity contribution in [1.82, 2.24) is 14.3 Å². The molecule has 2 aromatic heterocycles. The number of aromatic nitrogens is 3. The Hall–Kier alpha value is -1.99. The Morgan fingerprint density at radius 3 is 2.80 bits per heavy atom. The van der Waals surface area contributed by atoms with Gasteiger partial charge in [-0.25, -0.2) is 14.8 Å². The Kier molecular flexibility index (Phi) is 3.37. The summed E-state index contributed by atoms with van der Waals surface area (Å²) in [6.07, 6.45) is 0. The number of pyridine rings is 1. The molecular weight excluding hydrogens is 294 g/mol.